The topological polar surface area (TPSA) is 68.2 Å². The molecule has 0 aromatic carbocycles. The SMILES string of the molecule is CNCC1CCCN(CC(=O)NCC#N)C1. The zero-order chi connectivity index (χ0) is 11.8. The van der Waals surface area contributed by atoms with Crippen molar-refractivity contribution in [2.24, 2.45) is 5.92 Å². The summed E-state index contributed by atoms with van der Waals surface area (Å²) in [6.45, 7) is 3.49. The van der Waals surface area contributed by atoms with Gasteiger partial charge in [-0.1, -0.05) is 0 Å². The Balaban J connectivity index is 2.26. The predicted octanol–water partition coefficient (Wildman–Crippen LogP) is -0.442. The second kappa shape index (κ2) is 7.20. The van der Waals surface area contributed by atoms with Crippen LogP contribution in [0.5, 0.6) is 0 Å². The van der Waals surface area contributed by atoms with Crippen LogP contribution in [0.4, 0.5) is 0 Å². The van der Waals surface area contributed by atoms with Crippen molar-refractivity contribution in [3.05, 3.63) is 0 Å². The first-order valence-corrected chi connectivity index (χ1v) is 5.77. The summed E-state index contributed by atoms with van der Waals surface area (Å²) in [4.78, 5) is 13.6. The molecule has 0 bridgehead atoms. The van der Waals surface area contributed by atoms with Crippen LogP contribution >= 0.6 is 0 Å². The average Bonchev–Trinajstić information content (AvgIpc) is 2.27. The fourth-order valence-electron chi connectivity index (χ4n) is 2.15. The summed E-state index contributed by atoms with van der Waals surface area (Å²) in [7, 11) is 1.96. The van der Waals surface area contributed by atoms with E-state index in [9.17, 15) is 4.79 Å². The molecule has 1 unspecified atom stereocenters. The van der Waals surface area contributed by atoms with Crippen LogP contribution in [-0.2, 0) is 4.79 Å². The molecule has 0 spiro atoms. The molecule has 2 N–H and O–H groups in total. The van der Waals surface area contributed by atoms with Crippen molar-refractivity contribution in [1.29, 1.82) is 5.26 Å². The van der Waals surface area contributed by atoms with Gasteiger partial charge in [0.25, 0.3) is 0 Å². The number of hydrogen-bond donors (Lipinski definition) is 2. The maximum Gasteiger partial charge on any atom is 0.235 e. The third-order valence-corrected chi connectivity index (χ3v) is 2.83. The van der Waals surface area contributed by atoms with Crippen molar-refractivity contribution in [1.82, 2.24) is 15.5 Å². The molecule has 90 valence electrons. The number of nitriles is 1. The predicted molar refractivity (Wildman–Crippen MR) is 61.7 cm³/mol. The molecule has 1 atom stereocenters. The minimum absolute atomic E-state index is 0.0494. The smallest absolute Gasteiger partial charge is 0.235 e. The molecule has 1 aliphatic heterocycles. The van der Waals surface area contributed by atoms with Crippen LogP contribution in [0.15, 0.2) is 0 Å². The third-order valence-electron chi connectivity index (χ3n) is 2.83. The van der Waals surface area contributed by atoms with Gasteiger partial charge in [-0.05, 0) is 38.9 Å². The molecule has 0 aliphatic carbocycles. The van der Waals surface area contributed by atoms with Crippen molar-refractivity contribution < 1.29 is 4.79 Å². The molecule has 1 amide bonds. The van der Waals surface area contributed by atoms with E-state index in [2.05, 4.69) is 15.5 Å². The van der Waals surface area contributed by atoms with Gasteiger partial charge in [0.2, 0.25) is 5.91 Å². The molecule has 5 heteroatoms. The summed E-state index contributed by atoms with van der Waals surface area (Å²) in [5.74, 6) is 0.592. The maximum absolute atomic E-state index is 11.4. The molecule has 1 saturated heterocycles. The van der Waals surface area contributed by atoms with E-state index in [0.717, 1.165) is 26.1 Å². The van der Waals surface area contributed by atoms with Gasteiger partial charge in [-0.25, -0.2) is 0 Å². The normalized spacial score (nSPS) is 21.4. The summed E-state index contributed by atoms with van der Waals surface area (Å²) >= 11 is 0. The lowest BCUT2D eigenvalue weighted by molar-refractivity contribution is -0.122. The zero-order valence-electron chi connectivity index (χ0n) is 9.83. The number of amides is 1. The molecule has 1 fully saturated rings. The van der Waals surface area contributed by atoms with Gasteiger partial charge >= 0.3 is 0 Å². The Morgan fingerprint density at radius 3 is 3.12 bits per heavy atom. The molecule has 0 aromatic heterocycles. The molecular formula is C11H20N4O. The maximum atomic E-state index is 11.4. The van der Waals surface area contributed by atoms with Crippen LogP contribution in [0.2, 0.25) is 0 Å². The largest absolute Gasteiger partial charge is 0.342 e. The Labute approximate surface area is 96.8 Å². The van der Waals surface area contributed by atoms with Gasteiger partial charge in [0.1, 0.15) is 6.54 Å². The average molecular weight is 224 g/mol. The highest BCUT2D eigenvalue weighted by Gasteiger charge is 2.20. The van der Waals surface area contributed by atoms with Crippen LogP contribution in [-0.4, -0.2) is 50.6 Å². The first kappa shape index (κ1) is 12.9. The molecular weight excluding hydrogens is 204 g/mol. The van der Waals surface area contributed by atoms with Crippen molar-refractivity contribution in [2.75, 3.05) is 39.8 Å². The number of nitrogens with one attached hydrogen (secondary N) is 2. The molecule has 1 aliphatic rings. The standard InChI is InChI=1S/C11H20N4O/c1-13-7-10-3-2-6-15(8-10)9-11(16)14-5-4-12/h10,13H,2-3,5-9H2,1H3,(H,14,16). The van der Waals surface area contributed by atoms with Gasteiger partial charge < -0.3 is 10.6 Å². The highest BCUT2D eigenvalue weighted by molar-refractivity contribution is 5.78. The quantitative estimate of drug-likeness (QED) is 0.621. The van der Waals surface area contributed by atoms with Crippen molar-refractivity contribution in [3.8, 4) is 6.07 Å². The van der Waals surface area contributed by atoms with E-state index in [-0.39, 0.29) is 12.5 Å². The Morgan fingerprint density at radius 2 is 2.44 bits per heavy atom. The lowest BCUT2D eigenvalue weighted by Crippen LogP contribution is -2.44. The summed E-state index contributed by atoms with van der Waals surface area (Å²) in [5.41, 5.74) is 0. The van der Waals surface area contributed by atoms with Gasteiger partial charge in [0.05, 0.1) is 12.6 Å². The van der Waals surface area contributed by atoms with E-state index in [1.165, 1.54) is 6.42 Å². The first-order chi connectivity index (χ1) is 7.76. The molecule has 16 heavy (non-hydrogen) atoms. The lowest BCUT2D eigenvalue weighted by Gasteiger charge is -2.31. The number of carbonyl (C=O) groups excluding carboxylic acids is 1. The summed E-state index contributed by atoms with van der Waals surface area (Å²) in [5, 5.41) is 14.1. The second-order valence-electron chi connectivity index (χ2n) is 4.24. The Hall–Kier alpha value is -1.12. The van der Waals surface area contributed by atoms with E-state index in [1.54, 1.807) is 0 Å². The summed E-state index contributed by atoms with van der Waals surface area (Å²) in [6, 6.07) is 1.90. The molecule has 0 aromatic rings. The van der Waals surface area contributed by atoms with Crippen LogP contribution < -0.4 is 10.6 Å². The van der Waals surface area contributed by atoms with Crippen LogP contribution in [0, 0.1) is 17.2 Å². The Morgan fingerprint density at radius 1 is 1.62 bits per heavy atom. The summed E-state index contributed by atoms with van der Waals surface area (Å²) in [6.07, 6.45) is 2.38. The van der Waals surface area contributed by atoms with Crippen LogP contribution in [0.25, 0.3) is 0 Å². The van der Waals surface area contributed by atoms with Crippen molar-refractivity contribution in [3.63, 3.8) is 0 Å². The van der Waals surface area contributed by atoms with Gasteiger partial charge in [-0.15, -0.1) is 0 Å². The number of likely N-dealkylation sites (tertiary alicyclic amines) is 1. The third kappa shape index (κ3) is 4.60. The highest BCUT2D eigenvalue weighted by Crippen LogP contribution is 2.14. The van der Waals surface area contributed by atoms with Gasteiger partial charge in [0, 0.05) is 6.54 Å². The molecule has 5 nitrogen and oxygen atoms in total. The van der Waals surface area contributed by atoms with E-state index >= 15 is 0 Å². The van der Waals surface area contributed by atoms with E-state index in [4.69, 9.17) is 5.26 Å². The highest BCUT2D eigenvalue weighted by atomic mass is 16.2. The zero-order valence-corrected chi connectivity index (χ0v) is 9.83. The van der Waals surface area contributed by atoms with E-state index in [0.29, 0.717) is 12.5 Å². The Bertz CT molecular complexity index is 259. The Kier molecular flexibility index (Phi) is 5.83. The van der Waals surface area contributed by atoms with Gasteiger partial charge in [-0.2, -0.15) is 5.26 Å². The molecule has 0 saturated carbocycles. The number of carbonyl (C=O) groups is 1. The van der Waals surface area contributed by atoms with Gasteiger partial charge in [0.15, 0.2) is 0 Å². The van der Waals surface area contributed by atoms with Crippen molar-refractivity contribution >= 4 is 5.91 Å². The fraction of sp³-hybridized carbons (Fsp3) is 0.818. The number of hydrogen-bond acceptors (Lipinski definition) is 4. The molecule has 1 heterocycles. The number of piperidine rings is 1. The van der Waals surface area contributed by atoms with E-state index < -0.39 is 0 Å². The minimum Gasteiger partial charge on any atom is -0.342 e. The van der Waals surface area contributed by atoms with Crippen LogP contribution in [0.3, 0.4) is 0 Å². The lowest BCUT2D eigenvalue weighted by atomic mass is 9.98. The number of rotatable bonds is 5. The number of nitrogens with zero attached hydrogens (tertiary/aromatic N) is 2. The van der Waals surface area contributed by atoms with Gasteiger partial charge in [-0.3, -0.25) is 9.69 Å². The molecule has 0 radical (unpaired) electrons. The first-order valence-electron chi connectivity index (χ1n) is 5.77. The van der Waals surface area contributed by atoms with Crippen LogP contribution in [0.1, 0.15) is 12.8 Å². The fourth-order valence-corrected chi connectivity index (χ4v) is 2.15. The van der Waals surface area contributed by atoms with Crippen molar-refractivity contribution in [2.45, 2.75) is 12.8 Å². The van der Waals surface area contributed by atoms with E-state index in [1.807, 2.05) is 13.1 Å². The molecule has 1 rings (SSSR count). The summed E-state index contributed by atoms with van der Waals surface area (Å²) < 4.78 is 0. The minimum atomic E-state index is -0.0494. The monoisotopic (exact) mass is 224 g/mol. The second-order valence-corrected chi connectivity index (χ2v) is 4.24.